The Morgan fingerprint density at radius 1 is 1.23 bits per heavy atom. The lowest BCUT2D eigenvalue weighted by Gasteiger charge is -2.16. The number of aryl methyl sites for hydroxylation is 1. The number of benzene rings is 1. The largest absolute Gasteiger partial charge is 0.497 e. The summed E-state index contributed by atoms with van der Waals surface area (Å²) in [6, 6.07) is 4.16. The molecule has 1 aliphatic heterocycles. The maximum absolute atomic E-state index is 14.9. The minimum absolute atomic E-state index is 0.0163. The van der Waals surface area contributed by atoms with Crippen LogP contribution in [0.4, 0.5) is 10.3 Å². The molecule has 30 heavy (non-hydrogen) atoms. The van der Waals surface area contributed by atoms with Crippen molar-refractivity contribution < 1.29 is 18.6 Å². The molecule has 9 nitrogen and oxygen atoms in total. The van der Waals surface area contributed by atoms with Gasteiger partial charge in [0.15, 0.2) is 11.6 Å². The molecule has 1 aliphatic rings. The molecule has 3 heterocycles. The molecule has 0 amide bonds. The summed E-state index contributed by atoms with van der Waals surface area (Å²) >= 11 is 0. The highest BCUT2D eigenvalue weighted by Gasteiger charge is 2.25. The first-order chi connectivity index (χ1) is 14.4. The molecule has 1 aromatic carbocycles. The van der Waals surface area contributed by atoms with Crippen molar-refractivity contribution in [1.82, 2.24) is 14.5 Å². The first-order valence-electron chi connectivity index (χ1n) is 9.31. The molecule has 0 saturated carbocycles. The van der Waals surface area contributed by atoms with Crippen LogP contribution in [0.25, 0.3) is 22.2 Å². The molecule has 2 aromatic heterocycles. The zero-order chi connectivity index (χ0) is 21.4. The van der Waals surface area contributed by atoms with Crippen molar-refractivity contribution in [2.45, 2.75) is 12.1 Å². The van der Waals surface area contributed by atoms with Crippen LogP contribution in [0.15, 0.2) is 29.2 Å². The Labute approximate surface area is 171 Å². The quantitative estimate of drug-likeness (QED) is 0.641. The Bertz CT molecular complexity index is 1170. The van der Waals surface area contributed by atoms with Crippen LogP contribution in [0.2, 0.25) is 0 Å². The summed E-state index contributed by atoms with van der Waals surface area (Å²) in [6.07, 6.45) is 1.57. The normalized spacial score (nSPS) is 18.6. The van der Waals surface area contributed by atoms with E-state index in [1.165, 1.54) is 30.9 Å². The zero-order valence-electron chi connectivity index (χ0n) is 16.8. The third-order valence-corrected chi connectivity index (χ3v) is 5.15. The van der Waals surface area contributed by atoms with Crippen molar-refractivity contribution in [2.24, 2.45) is 12.8 Å². The van der Waals surface area contributed by atoms with Gasteiger partial charge in [0.05, 0.1) is 45.1 Å². The second-order valence-electron chi connectivity index (χ2n) is 7.04. The van der Waals surface area contributed by atoms with Gasteiger partial charge in [-0.3, -0.25) is 9.36 Å². The van der Waals surface area contributed by atoms with Crippen LogP contribution in [-0.4, -0.2) is 54.1 Å². The van der Waals surface area contributed by atoms with Gasteiger partial charge in [-0.25, -0.2) is 9.37 Å². The van der Waals surface area contributed by atoms with Gasteiger partial charge in [-0.15, -0.1) is 0 Å². The van der Waals surface area contributed by atoms with Crippen molar-refractivity contribution in [2.75, 3.05) is 32.8 Å². The maximum atomic E-state index is 14.9. The number of pyridine rings is 1. The molecule has 4 rings (SSSR count). The number of halogens is 1. The summed E-state index contributed by atoms with van der Waals surface area (Å²) in [5, 5.41) is 3.71. The van der Waals surface area contributed by atoms with Gasteiger partial charge in [0, 0.05) is 30.3 Å². The standard InChI is InChI=1S/C20H22FN5O4/c1-26-18-10(7-23-20(25-18)24-15-9-30-8-14(15)22)4-13(19(26)27)12-5-11(28-2)6-16(29-3)17(12)21/h4-7,14-15H,8-9,22H2,1-3H3,(H,23,24,25). The Hall–Kier alpha value is -3.24. The third kappa shape index (κ3) is 3.44. The van der Waals surface area contributed by atoms with E-state index in [2.05, 4.69) is 15.3 Å². The fraction of sp³-hybridized carbons (Fsp3) is 0.350. The van der Waals surface area contributed by atoms with Crippen LogP contribution in [0.5, 0.6) is 11.5 Å². The number of aromatic nitrogens is 3. The first-order valence-corrected chi connectivity index (χ1v) is 9.31. The zero-order valence-corrected chi connectivity index (χ0v) is 16.8. The fourth-order valence-electron chi connectivity index (χ4n) is 3.43. The molecule has 158 valence electrons. The lowest BCUT2D eigenvalue weighted by atomic mass is 10.0. The summed E-state index contributed by atoms with van der Waals surface area (Å²) in [4.78, 5) is 21.8. The number of hydrogen-bond acceptors (Lipinski definition) is 8. The van der Waals surface area contributed by atoms with E-state index >= 15 is 0 Å². The Morgan fingerprint density at radius 2 is 2.03 bits per heavy atom. The summed E-state index contributed by atoms with van der Waals surface area (Å²) in [7, 11) is 4.38. The van der Waals surface area contributed by atoms with Gasteiger partial charge in [-0.2, -0.15) is 4.98 Å². The van der Waals surface area contributed by atoms with E-state index in [0.29, 0.717) is 35.9 Å². The predicted molar refractivity (Wildman–Crippen MR) is 109 cm³/mol. The SMILES string of the molecule is COc1cc(OC)c(F)c(-c2cc3cnc(NC4COCC4N)nc3n(C)c2=O)c1. The van der Waals surface area contributed by atoms with E-state index in [1.54, 1.807) is 19.3 Å². The molecule has 2 unspecified atom stereocenters. The van der Waals surface area contributed by atoms with Gasteiger partial charge in [0.1, 0.15) is 11.4 Å². The van der Waals surface area contributed by atoms with Crippen LogP contribution < -0.4 is 26.1 Å². The average Bonchev–Trinajstić information content (AvgIpc) is 3.15. The molecule has 1 saturated heterocycles. The molecule has 10 heteroatoms. The first kappa shape index (κ1) is 20.0. The lowest BCUT2D eigenvalue weighted by Crippen LogP contribution is -2.39. The molecule has 1 fully saturated rings. The summed E-state index contributed by atoms with van der Waals surface area (Å²) < 4.78 is 31.9. The minimum atomic E-state index is -0.649. The smallest absolute Gasteiger partial charge is 0.259 e. The molecule has 0 spiro atoms. The van der Waals surface area contributed by atoms with Crippen molar-refractivity contribution in [3.05, 3.63) is 40.6 Å². The highest BCUT2D eigenvalue weighted by atomic mass is 19.1. The number of nitrogens with one attached hydrogen (secondary N) is 1. The van der Waals surface area contributed by atoms with E-state index in [1.807, 2.05) is 0 Å². The number of rotatable bonds is 5. The molecule has 2 atom stereocenters. The van der Waals surface area contributed by atoms with Crippen molar-refractivity contribution >= 4 is 17.0 Å². The number of nitrogens with two attached hydrogens (primary N) is 1. The number of hydrogen-bond donors (Lipinski definition) is 2. The number of fused-ring (bicyclic) bond motifs is 1. The number of ether oxygens (including phenoxy) is 3. The molecule has 3 N–H and O–H groups in total. The van der Waals surface area contributed by atoms with Crippen LogP contribution in [0.3, 0.4) is 0 Å². The fourth-order valence-corrected chi connectivity index (χ4v) is 3.43. The molecule has 3 aromatic rings. The van der Waals surface area contributed by atoms with Crippen molar-refractivity contribution in [3.63, 3.8) is 0 Å². The summed E-state index contributed by atoms with van der Waals surface area (Å²) in [5.41, 5.74) is 6.20. The molecular weight excluding hydrogens is 393 g/mol. The molecule has 0 radical (unpaired) electrons. The number of anilines is 1. The Morgan fingerprint density at radius 3 is 2.70 bits per heavy atom. The third-order valence-electron chi connectivity index (χ3n) is 5.15. The summed E-state index contributed by atoms with van der Waals surface area (Å²) in [6.45, 7) is 0.917. The van der Waals surface area contributed by atoms with E-state index in [0.717, 1.165) is 0 Å². The summed E-state index contributed by atoms with van der Waals surface area (Å²) in [5.74, 6) is 0.0448. The van der Waals surface area contributed by atoms with E-state index in [4.69, 9.17) is 19.9 Å². The minimum Gasteiger partial charge on any atom is -0.497 e. The Balaban J connectivity index is 1.81. The second-order valence-corrected chi connectivity index (χ2v) is 7.04. The molecule has 0 aliphatic carbocycles. The van der Waals surface area contributed by atoms with Crippen LogP contribution >= 0.6 is 0 Å². The van der Waals surface area contributed by atoms with Gasteiger partial charge < -0.3 is 25.3 Å². The highest BCUT2D eigenvalue weighted by Crippen LogP contribution is 2.33. The van der Waals surface area contributed by atoms with Crippen molar-refractivity contribution in [3.8, 4) is 22.6 Å². The molecular formula is C20H22FN5O4. The average molecular weight is 415 g/mol. The lowest BCUT2D eigenvalue weighted by molar-refractivity contribution is 0.192. The number of nitrogens with zero attached hydrogens (tertiary/aromatic N) is 3. The van der Waals surface area contributed by atoms with Gasteiger partial charge in [0.2, 0.25) is 5.95 Å². The van der Waals surface area contributed by atoms with Crippen LogP contribution in [-0.2, 0) is 11.8 Å². The Kier molecular flexibility index (Phi) is 5.27. The van der Waals surface area contributed by atoms with Gasteiger partial charge >= 0.3 is 0 Å². The van der Waals surface area contributed by atoms with E-state index < -0.39 is 11.4 Å². The van der Waals surface area contributed by atoms with Crippen LogP contribution in [0, 0.1) is 5.82 Å². The number of methoxy groups -OCH3 is 2. The molecule has 0 bridgehead atoms. The topological polar surface area (TPSA) is 114 Å². The maximum Gasteiger partial charge on any atom is 0.259 e. The van der Waals surface area contributed by atoms with Gasteiger partial charge in [-0.05, 0) is 12.1 Å². The second kappa shape index (κ2) is 7.88. The predicted octanol–water partition coefficient (Wildman–Crippen LogP) is 1.29. The van der Waals surface area contributed by atoms with Crippen LogP contribution in [0.1, 0.15) is 0 Å². The van der Waals surface area contributed by atoms with Gasteiger partial charge in [0.25, 0.3) is 5.56 Å². The van der Waals surface area contributed by atoms with Crippen molar-refractivity contribution in [1.29, 1.82) is 0 Å². The van der Waals surface area contributed by atoms with E-state index in [-0.39, 0.29) is 29.0 Å². The highest BCUT2D eigenvalue weighted by molar-refractivity contribution is 5.82. The van der Waals surface area contributed by atoms with E-state index in [9.17, 15) is 9.18 Å². The monoisotopic (exact) mass is 415 g/mol. The van der Waals surface area contributed by atoms with Gasteiger partial charge in [-0.1, -0.05) is 0 Å².